The fourth-order valence-corrected chi connectivity index (χ4v) is 3.73. The molecule has 0 atom stereocenters. The first-order valence-corrected chi connectivity index (χ1v) is 11.0. The highest BCUT2D eigenvalue weighted by Gasteiger charge is 2.15. The largest absolute Gasteiger partial charge is 0.451 e. The van der Waals surface area contributed by atoms with Crippen molar-refractivity contribution in [3.05, 3.63) is 145 Å². The first-order chi connectivity index (χ1) is 16.3. The van der Waals surface area contributed by atoms with Crippen molar-refractivity contribution in [2.75, 3.05) is 0 Å². The summed E-state index contributed by atoms with van der Waals surface area (Å²) in [7, 11) is 0. The monoisotopic (exact) mass is 428 g/mol. The van der Waals surface area contributed by atoms with Gasteiger partial charge in [-0.2, -0.15) is 0 Å². The fourth-order valence-electron chi connectivity index (χ4n) is 3.73. The zero-order valence-electron chi connectivity index (χ0n) is 18.2. The Hall–Kier alpha value is -4.30. The number of hydrogen-bond acceptors (Lipinski definition) is 2. The number of rotatable bonds is 7. The van der Waals surface area contributed by atoms with E-state index in [0.29, 0.717) is 0 Å². The molecule has 5 aromatic carbocycles. The summed E-state index contributed by atoms with van der Waals surface area (Å²) in [5.41, 5.74) is 5.61. The molecule has 160 valence electrons. The van der Waals surface area contributed by atoms with Crippen LogP contribution in [0.2, 0.25) is 0 Å². The minimum Gasteiger partial charge on any atom is -0.451 e. The van der Waals surface area contributed by atoms with Gasteiger partial charge in [0, 0.05) is 5.56 Å². The Bertz CT molecular complexity index is 1180. The Balaban J connectivity index is 1.36. The van der Waals surface area contributed by atoms with Crippen LogP contribution in [-0.4, -0.2) is 0 Å². The van der Waals surface area contributed by atoms with Crippen molar-refractivity contribution >= 4 is 0 Å². The van der Waals surface area contributed by atoms with Crippen molar-refractivity contribution < 1.29 is 9.47 Å². The molecule has 33 heavy (non-hydrogen) atoms. The highest BCUT2D eigenvalue weighted by molar-refractivity contribution is 5.64. The molecule has 0 aliphatic carbocycles. The molecule has 0 aliphatic heterocycles. The Kier molecular flexibility index (Phi) is 6.17. The van der Waals surface area contributed by atoms with Gasteiger partial charge in [-0.1, -0.05) is 115 Å². The number of ether oxygens (including phenoxy) is 2. The summed E-state index contributed by atoms with van der Waals surface area (Å²) >= 11 is 0. The third-order valence-corrected chi connectivity index (χ3v) is 5.48. The molecule has 0 aromatic heterocycles. The van der Waals surface area contributed by atoms with E-state index in [0.717, 1.165) is 28.2 Å². The first-order valence-electron chi connectivity index (χ1n) is 11.0. The molecule has 0 spiro atoms. The van der Waals surface area contributed by atoms with E-state index in [4.69, 9.17) is 9.47 Å². The van der Waals surface area contributed by atoms with Gasteiger partial charge in [0.1, 0.15) is 11.5 Å². The second-order valence-electron chi connectivity index (χ2n) is 7.76. The molecule has 0 unspecified atom stereocenters. The molecule has 2 nitrogen and oxygen atoms in total. The number of hydrogen-bond donors (Lipinski definition) is 0. The van der Waals surface area contributed by atoms with Crippen LogP contribution in [0.15, 0.2) is 140 Å². The summed E-state index contributed by atoms with van der Waals surface area (Å²) in [4.78, 5) is 0. The van der Waals surface area contributed by atoms with Gasteiger partial charge < -0.3 is 9.47 Å². The van der Waals surface area contributed by atoms with E-state index in [1.807, 2.05) is 91.0 Å². The molecule has 0 radical (unpaired) electrons. The SMILES string of the molecule is c1ccc(-c2ccc(OC(Oc3ccc(-c4ccccc4)cc3)c3ccccc3)cc2)cc1. The average Bonchev–Trinajstić information content (AvgIpc) is 2.91. The molecular weight excluding hydrogens is 404 g/mol. The second kappa shape index (κ2) is 9.88. The molecule has 0 bridgehead atoms. The van der Waals surface area contributed by atoms with E-state index in [1.54, 1.807) is 0 Å². The van der Waals surface area contributed by atoms with Crippen molar-refractivity contribution in [1.82, 2.24) is 0 Å². The Morgan fingerprint density at radius 2 is 0.667 bits per heavy atom. The normalized spacial score (nSPS) is 10.7. The zero-order chi connectivity index (χ0) is 22.3. The predicted octanol–water partition coefficient (Wildman–Crippen LogP) is 8.18. The van der Waals surface area contributed by atoms with Crippen LogP contribution < -0.4 is 9.47 Å². The zero-order valence-corrected chi connectivity index (χ0v) is 18.2. The van der Waals surface area contributed by atoms with Crippen molar-refractivity contribution in [3.8, 4) is 33.8 Å². The maximum atomic E-state index is 6.29. The second-order valence-corrected chi connectivity index (χ2v) is 7.76. The Labute approximate surface area is 194 Å². The lowest BCUT2D eigenvalue weighted by atomic mass is 10.1. The Morgan fingerprint density at radius 1 is 0.333 bits per heavy atom. The lowest BCUT2D eigenvalue weighted by Crippen LogP contribution is -2.15. The van der Waals surface area contributed by atoms with Crippen molar-refractivity contribution in [2.45, 2.75) is 6.29 Å². The van der Waals surface area contributed by atoms with Crippen LogP contribution in [0.5, 0.6) is 11.5 Å². The van der Waals surface area contributed by atoms with Crippen LogP contribution in [0.25, 0.3) is 22.3 Å². The van der Waals surface area contributed by atoms with E-state index < -0.39 is 6.29 Å². The van der Waals surface area contributed by atoms with E-state index in [-0.39, 0.29) is 0 Å². The summed E-state index contributed by atoms with van der Waals surface area (Å²) in [5, 5.41) is 0. The molecule has 0 aliphatic rings. The van der Waals surface area contributed by atoms with Crippen LogP contribution in [-0.2, 0) is 0 Å². The van der Waals surface area contributed by atoms with Gasteiger partial charge in [0.05, 0.1) is 0 Å². The molecule has 2 heteroatoms. The van der Waals surface area contributed by atoms with E-state index in [9.17, 15) is 0 Å². The molecule has 0 N–H and O–H groups in total. The summed E-state index contributed by atoms with van der Waals surface area (Å²) in [5.74, 6) is 1.51. The predicted molar refractivity (Wildman–Crippen MR) is 134 cm³/mol. The van der Waals surface area contributed by atoms with Crippen LogP contribution >= 0.6 is 0 Å². The van der Waals surface area contributed by atoms with Crippen LogP contribution in [0.3, 0.4) is 0 Å². The van der Waals surface area contributed by atoms with Gasteiger partial charge in [-0.15, -0.1) is 0 Å². The smallest absolute Gasteiger partial charge is 0.267 e. The van der Waals surface area contributed by atoms with E-state index in [1.165, 1.54) is 11.1 Å². The third-order valence-electron chi connectivity index (χ3n) is 5.48. The van der Waals surface area contributed by atoms with Gasteiger partial charge in [-0.05, 0) is 46.5 Å². The molecule has 0 saturated carbocycles. The topological polar surface area (TPSA) is 18.5 Å². The van der Waals surface area contributed by atoms with Crippen molar-refractivity contribution in [2.24, 2.45) is 0 Å². The van der Waals surface area contributed by atoms with Gasteiger partial charge >= 0.3 is 0 Å². The summed E-state index contributed by atoms with van der Waals surface area (Å²) in [6.45, 7) is 0. The molecule has 5 rings (SSSR count). The molecular formula is C31H24O2. The van der Waals surface area contributed by atoms with Gasteiger partial charge in [-0.3, -0.25) is 0 Å². The molecule has 5 aromatic rings. The van der Waals surface area contributed by atoms with E-state index >= 15 is 0 Å². The lowest BCUT2D eigenvalue weighted by molar-refractivity contribution is 0.00383. The average molecular weight is 429 g/mol. The van der Waals surface area contributed by atoms with Crippen LogP contribution in [0, 0.1) is 0 Å². The third kappa shape index (κ3) is 5.13. The highest BCUT2D eigenvalue weighted by atomic mass is 16.7. The standard InChI is InChI=1S/C31H24O2/c1-4-10-24(11-5-1)26-16-20-29(21-17-26)32-31(28-14-8-3-9-15-28)33-30-22-18-27(19-23-30)25-12-6-2-7-13-25/h1-23,31H. The molecule has 0 fully saturated rings. The van der Waals surface area contributed by atoms with Crippen LogP contribution in [0.4, 0.5) is 0 Å². The molecule has 0 amide bonds. The Morgan fingerprint density at radius 3 is 1.06 bits per heavy atom. The summed E-state index contributed by atoms with van der Waals surface area (Å²) < 4.78 is 12.6. The van der Waals surface area contributed by atoms with Crippen molar-refractivity contribution in [1.29, 1.82) is 0 Å². The fraction of sp³-hybridized carbons (Fsp3) is 0.0323. The molecule has 0 heterocycles. The van der Waals surface area contributed by atoms with Gasteiger partial charge in [0.2, 0.25) is 0 Å². The molecule has 0 saturated heterocycles. The van der Waals surface area contributed by atoms with E-state index in [2.05, 4.69) is 48.5 Å². The van der Waals surface area contributed by atoms with Gasteiger partial charge in [-0.25, -0.2) is 0 Å². The van der Waals surface area contributed by atoms with Gasteiger partial charge in [0.15, 0.2) is 0 Å². The maximum Gasteiger partial charge on any atom is 0.267 e. The number of benzene rings is 5. The summed E-state index contributed by atoms with van der Waals surface area (Å²) in [6, 6.07) is 46.9. The lowest BCUT2D eigenvalue weighted by Gasteiger charge is -2.21. The first kappa shape index (κ1) is 20.6. The van der Waals surface area contributed by atoms with Crippen LogP contribution in [0.1, 0.15) is 11.9 Å². The minimum atomic E-state index is -0.559. The quantitative estimate of drug-likeness (QED) is 0.243. The highest BCUT2D eigenvalue weighted by Crippen LogP contribution is 2.29. The van der Waals surface area contributed by atoms with Crippen molar-refractivity contribution in [3.63, 3.8) is 0 Å². The van der Waals surface area contributed by atoms with Gasteiger partial charge in [0.25, 0.3) is 6.29 Å². The maximum absolute atomic E-state index is 6.29. The minimum absolute atomic E-state index is 0.559. The summed E-state index contributed by atoms with van der Waals surface area (Å²) in [6.07, 6.45) is -0.559.